The van der Waals surface area contributed by atoms with E-state index in [1.54, 1.807) is 0 Å². The summed E-state index contributed by atoms with van der Waals surface area (Å²) in [6.07, 6.45) is 0.924. The monoisotopic (exact) mass is 414 g/mol. The van der Waals surface area contributed by atoms with Crippen molar-refractivity contribution in [2.75, 3.05) is 20.3 Å². The van der Waals surface area contributed by atoms with E-state index in [9.17, 15) is 0 Å². The molecule has 0 radical (unpaired) electrons. The Balaban J connectivity index is 2.28. The molecule has 0 spiro atoms. The summed E-state index contributed by atoms with van der Waals surface area (Å²) >= 11 is 6.38. The first-order valence-corrected chi connectivity index (χ1v) is 11.7. The molecular weight excluding hydrogens is 387 g/mol. The van der Waals surface area contributed by atoms with Crippen LogP contribution in [0.4, 0.5) is 5.69 Å². The molecule has 0 aliphatic heterocycles. The van der Waals surface area contributed by atoms with Gasteiger partial charge < -0.3 is 0 Å². The summed E-state index contributed by atoms with van der Waals surface area (Å²) in [5, 5.41) is 6.88. The highest BCUT2D eigenvalue weighted by atomic mass is 35.5. The maximum Gasteiger partial charge on any atom is 0.0704 e. The van der Waals surface area contributed by atoms with E-state index < -0.39 is 7.21 Å². The maximum atomic E-state index is 6.38. The minimum Gasteiger partial charge on any atom is -0.272 e. The molecule has 2 aromatic carbocycles. The molecule has 1 atom stereocenters. The first-order chi connectivity index (χ1) is 13.3. The Bertz CT molecular complexity index is 1040. The van der Waals surface area contributed by atoms with Crippen molar-refractivity contribution in [3.05, 3.63) is 70.5 Å². The van der Waals surface area contributed by atoms with Gasteiger partial charge in [-0.05, 0) is 70.9 Å². The van der Waals surface area contributed by atoms with Crippen LogP contribution < -0.4 is 5.30 Å². The summed E-state index contributed by atoms with van der Waals surface area (Å²) < 4.78 is 9.63. The Morgan fingerprint density at radius 2 is 1.75 bits per heavy atom. The lowest BCUT2D eigenvalue weighted by Crippen LogP contribution is -2.23. The second-order valence-electron chi connectivity index (χ2n) is 7.19. The Morgan fingerprint density at radius 1 is 1.07 bits per heavy atom. The predicted molar refractivity (Wildman–Crippen MR) is 122 cm³/mol. The Labute approximate surface area is 173 Å². The van der Waals surface area contributed by atoms with Gasteiger partial charge in [-0.2, -0.15) is 5.10 Å². The van der Waals surface area contributed by atoms with Gasteiger partial charge in [0.1, 0.15) is 0 Å². The lowest BCUT2D eigenvalue weighted by Gasteiger charge is -2.31. The zero-order valence-corrected chi connectivity index (χ0v) is 19.1. The van der Waals surface area contributed by atoms with E-state index in [-0.39, 0.29) is 0 Å². The van der Waals surface area contributed by atoms with Gasteiger partial charge in [-0.3, -0.25) is 4.67 Å². The van der Waals surface area contributed by atoms with E-state index in [2.05, 4.69) is 57.7 Å². The number of halogens is 1. The summed E-state index contributed by atoms with van der Waals surface area (Å²) in [5.74, 6) is 0. The SMILES string of the molecule is CC[P@](=Nc1ccc(C)c(Cl)c1)(c1c(C)nn(-c2ccccc2)c1C)N(C)C. The first-order valence-electron chi connectivity index (χ1n) is 9.47. The van der Waals surface area contributed by atoms with Crippen molar-refractivity contribution in [2.24, 2.45) is 4.74 Å². The zero-order chi connectivity index (χ0) is 20.5. The highest BCUT2D eigenvalue weighted by Gasteiger charge is 2.30. The number of hydrogen-bond acceptors (Lipinski definition) is 2. The lowest BCUT2D eigenvalue weighted by atomic mass is 10.2. The molecule has 148 valence electrons. The second kappa shape index (κ2) is 8.24. The summed E-state index contributed by atoms with van der Waals surface area (Å²) in [4.78, 5) is 0. The molecule has 1 heterocycles. The van der Waals surface area contributed by atoms with Crippen LogP contribution in [0, 0.1) is 20.8 Å². The van der Waals surface area contributed by atoms with Gasteiger partial charge in [-0.1, -0.05) is 42.8 Å². The number of benzene rings is 2. The first kappa shape index (κ1) is 20.9. The fraction of sp³-hybridized carbons (Fsp3) is 0.318. The minimum atomic E-state index is -2.02. The predicted octanol–water partition coefficient (Wildman–Crippen LogP) is 6.11. The van der Waals surface area contributed by atoms with E-state index in [4.69, 9.17) is 21.4 Å². The third-order valence-electron chi connectivity index (χ3n) is 5.15. The number of hydrogen-bond donors (Lipinski definition) is 0. The molecule has 4 nitrogen and oxygen atoms in total. The Kier molecular flexibility index (Phi) is 6.14. The van der Waals surface area contributed by atoms with Crippen LogP contribution in [0.15, 0.2) is 53.3 Å². The van der Waals surface area contributed by atoms with Crippen molar-refractivity contribution in [3.63, 3.8) is 0 Å². The van der Waals surface area contributed by atoms with Crippen molar-refractivity contribution < 1.29 is 0 Å². The van der Waals surface area contributed by atoms with Crippen LogP contribution >= 0.6 is 18.8 Å². The van der Waals surface area contributed by atoms with Crippen molar-refractivity contribution in [3.8, 4) is 5.69 Å². The number of nitrogens with zero attached hydrogens (tertiary/aromatic N) is 4. The Morgan fingerprint density at radius 3 is 2.32 bits per heavy atom. The van der Waals surface area contributed by atoms with Gasteiger partial charge in [0, 0.05) is 5.02 Å². The van der Waals surface area contributed by atoms with Crippen molar-refractivity contribution in [1.82, 2.24) is 14.5 Å². The van der Waals surface area contributed by atoms with Crippen LogP contribution in [0.5, 0.6) is 0 Å². The van der Waals surface area contributed by atoms with Crippen molar-refractivity contribution in [1.29, 1.82) is 0 Å². The van der Waals surface area contributed by atoms with E-state index in [1.807, 2.05) is 41.9 Å². The van der Waals surface area contributed by atoms with Gasteiger partial charge in [-0.25, -0.2) is 9.43 Å². The summed E-state index contributed by atoms with van der Waals surface area (Å²) in [7, 11) is 2.22. The second-order valence-corrected chi connectivity index (χ2v) is 11.1. The molecule has 6 heteroatoms. The maximum absolute atomic E-state index is 6.38. The highest BCUT2D eigenvalue weighted by Crippen LogP contribution is 2.54. The largest absolute Gasteiger partial charge is 0.272 e. The molecule has 0 unspecified atom stereocenters. The van der Waals surface area contributed by atoms with Gasteiger partial charge in [0.05, 0.1) is 35.3 Å². The fourth-order valence-electron chi connectivity index (χ4n) is 3.66. The third kappa shape index (κ3) is 3.69. The molecule has 0 aliphatic rings. The minimum absolute atomic E-state index is 0.752. The molecule has 1 aromatic heterocycles. The molecule has 0 aliphatic carbocycles. The molecule has 3 aromatic rings. The average molecular weight is 415 g/mol. The summed E-state index contributed by atoms with van der Waals surface area (Å²) in [6.45, 7) is 8.46. The van der Waals surface area contributed by atoms with Gasteiger partial charge in [0.15, 0.2) is 0 Å². The highest BCUT2D eigenvalue weighted by molar-refractivity contribution is 7.71. The van der Waals surface area contributed by atoms with Gasteiger partial charge in [-0.15, -0.1) is 0 Å². The van der Waals surface area contributed by atoms with E-state index >= 15 is 0 Å². The number of aromatic nitrogens is 2. The summed E-state index contributed by atoms with van der Waals surface area (Å²) in [5.41, 5.74) is 5.24. The molecule has 3 rings (SSSR count). The van der Waals surface area contributed by atoms with Crippen LogP contribution in [-0.4, -0.2) is 34.7 Å². The van der Waals surface area contributed by atoms with Crippen LogP contribution in [-0.2, 0) is 0 Å². The number of rotatable bonds is 5. The Hall–Kier alpha value is -1.87. The molecule has 0 saturated carbocycles. The molecule has 0 bridgehead atoms. The van der Waals surface area contributed by atoms with Gasteiger partial charge in [0.2, 0.25) is 0 Å². The van der Waals surface area contributed by atoms with Crippen LogP contribution in [0.1, 0.15) is 23.9 Å². The lowest BCUT2D eigenvalue weighted by molar-refractivity contribution is 0.673. The van der Waals surface area contributed by atoms with Crippen LogP contribution in [0.2, 0.25) is 5.02 Å². The van der Waals surface area contributed by atoms with Gasteiger partial charge >= 0.3 is 0 Å². The average Bonchev–Trinajstić information content (AvgIpc) is 2.98. The van der Waals surface area contributed by atoms with E-state index in [1.165, 1.54) is 5.30 Å². The molecule has 0 saturated heterocycles. The van der Waals surface area contributed by atoms with Crippen molar-refractivity contribution in [2.45, 2.75) is 27.7 Å². The quantitative estimate of drug-likeness (QED) is 0.472. The summed E-state index contributed by atoms with van der Waals surface area (Å²) in [6, 6.07) is 16.3. The van der Waals surface area contributed by atoms with Gasteiger partial charge in [0.25, 0.3) is 0 Å². The topological polar surface area (TPSA) is 33.4 Å². The number of para-hydroxylation sites is 1. The van der Waals surface area contributed by atoms with E-state index in [0.29, 0.717) is 0 Å². The van der Waals surface area contributed by atoms with E-state index in [0.717, 1.165) is 39.5 Å². The van der Waals surface area contributed by atoms with Crippen molar-refractivity contribution >= 4 is 29.8 Å². The zero-order valence-electron chi connectivity index (χ0n) is 17.4. The fourth-order valence-corrected chi connectivity index (χ4v) is 7.22. The third-order valence-corrected chi connectivity index (χ3v) is 9.69. The van der Waals surface area contributed by atoms with Crippen LogP contribution in [0.25, 0.3) is 5.69 Å². The molecule has 0 N–H and O–H groups in total. The standard InChI is InChI=1S/C22H28ClN4P/c1-7-28(26(5)6,25-19-14-13-16(2)21(23)15-19)22-17(3)24-27(18(22)4)20-11-9-8-10-12-20/h8-15H,7H2,1-6H3/t28-/m1/s1. The molecule has 28 heavy (non-hydrogen) atoms. The van der Waals surface area contributed by atoms with Crippen LogP contribution in [0.3, 0.4) is 0 Å². The molecule has 0 amide bonds. The smallest absolute Gasteiger partial charge is 0.0704 e. The molecule has 0 fully saturated rings. The number of aryl methyl sites for hydroxylation is 2. The normalized spacial score (nSPS) is 13.6. The molecular formula is C22H28ClN4P.